The Labute approximate surface area is 362 Å². The van der Waals surface area contributed by atoms with E-state index in [0.717, 1.165) is 56.6 Å². The summed E-state index contributed by atoms with van der Waals surface area (Å²) in [6.45, 7) is 4.86. The van der Waals surface area contributed by atoms with Gasteiger partial charge in [-0.2, -0.15) is 0 Å². The second kappa shape index (κ2) is 15.5. The molecule has 8 aromatic rings. The molecule has 8 aliphatic rings. The monoisotopic (exact) mass is 806 g/mol. The summed E-state index contributed by atoms with van der Waals surface area (Å²) in [5, 5.41) is 3.66. The lowest BCUT2D eigenvalue weighted by molar-refractivity contribution is 0.0723. The van der Waals surface area contributed by atoms with Gasteiger partial charge in [-0.25, -0.2) is 9.59 Å². The van der Waals surface area contributed by atoms with E-state index in [0.29, 0.717) is 57.4 Å². The Morgan fingerprint density at radius 3 is 1.13 bits per heavy atom. The lowest BCUT2D eigenvalue weighted by Crippen LogP contribution is -2.28. The lowest BCUT2D eigenvalue weighted by Gasteiger charge is -2.43. The largest absolute Gasteiger partial charge is 0.422 e. The van der Waals surface area contributed by atoms with E-state index in [1.807, 2.05) is 121 Å². The van der Waals surface area contributed by atoms with Crippen LogP contribution in [0.2, 0.25) is 0 Å². The van der Waals surface area contributed by atoms with Crippen molar-refractivity contribution in [1.82, 2.24) is 0 Å². The van der Waals surface area contributed by atoms with Gasteiger partial charge in [0, 0.05) is 23.0 Å². The molecular weight excluding hydrogens is 761 g/mol. The summed E-state index contributed by atoms with van der Waals surface area (Å²) >= 11 is 0. The van der Waals surface area contributed by atoms with Crippen molar-refractivity contribution in [2.45, 2.75) is 51.4 Å². The smallest absolute Gasteiger partial charge is 0.343 e. The second-order valence-corrected chi connectivity index (χ2v) is 17.5. The third kappa shape index (κ3) is 6.62. The van der Waals surface area contributed by atoms with Gasteiger partial charge in [0.15, 0.2) is 0 Å². The minimum absolute atomic E-state index is 0.374. The van der Waals surface area contributed by atoms with E-state index in [1.54, 1.807) is 11.1 Å². The van der Waals surface area contributed by atoms with Crippen molar-refractivity contribution in [2.24, 2.45) is 11.8 Å². The number of hydrogen-bond acceptors (Lipinski definition) is 4. The quantitative estimate of drug-likeness (QED) is 0.0870. The van der Waals surface area contributed by atoms with Gasteiger partial charge in [-0.1, -0.05) is 158 Å². The molecule has 8 bridgehead atoms. The summed E-state index contributed by atoms with van der Waals surface area (Å²) in [6, 6.07) is 57.2. The van der Waals surface area contributed by atoms with Gasteiger partial charge in [-0.15, -0.1) is 0 Å². The fraction of sp³-hybridized carbons (Fsp3) is 0.172. The molecule has 8 aromatic carbocycles. The standard InChI is InChI=1S/C58H46O4/c1-35-11-31-49-43-21-13-37(14-22-43)39-17-25-45(26-18-39)57(59)61-51-33-29-41-7-3-5-9-47(41)55(51)56-48-10-6-4-8-42(48)30-34-52(56)62-58(60)46-27-19-40(20-28-46)38-15-23-44(24-16-38)50-32-12-36(2)53(35)54(49)50/h3-10,13-30,33-36,49-50H,11-12,31-32H2,1-2H3. The molecule has 6 heterocycles. The van der Waals surface area contributed by atoms with Crippen LogP contribution >= 0.6 is 0 Å². The fourth-order valence-corrected chi connectivity index (χ4v) is 10.8. The van der Waals surface area contributed by atoms with Crippen LogP contribution in [0.1, 0.15) is 83.2 Å². The lowest BCUT2D eigenvalue weighted by atomic mass is 9.61. The first kappa shape index (κ1) is 37.9. The van der Waals surface area contributed by atoms with Crippen LogP contribution in [0.25, 0.3) is 54.9 Å². The molecule has 0 saturated heterocycles. The summed E-state index contributed by atoms with van der Waals surface area (Å²) in [5.41, 5.74) is 12.6. The number of rotatable bonds is 0. The van der Waals surface area contributed by atoms with E-state index in [2.05, 4.69) is 62.4 Å². The molecule has 0 N–H and O–H groups in total. The van der Waals surface area contributed by atoms with E-state index >= 15 is 0 Å². The Morgan fingerprint density at radius 2 is 0.726 bits per heavy atom. The van der Waals surface area contributed by atoms with Crippen LogP contribution < -0.4 is 9.47 Å². The van der Waals surface area contributed by atoms with Gasteiger partial charge in [0.2, 0.25) is 0 Å². The van der Waals surface area contributed by atoms with E-state index in [1.165, 1.54) is 24.0 Å². The molecule has 0 fully saturated rings. The van der Waals surface area contributed by atoms with E-state index in [9.17, 15) is 9.59 Å². The van der Waals surface area contributed by atoms with E-state index < -0.39 is 11.9 Å². The van der Waals surface area contributed by atoms with Crippen molar-refractivity contribution in [3.8, 4) is 44.9 Å². The molecule has 0 saturated carbocycles. The van der Waals surface area contributed by atoms with Crippen molar-refractivity contribution in [2.75, 3.05) is 0 Å². The van der Waals surface area contributed by atoms with Crippen LogP contribution in [0.5, 0.6) is 11.5 Å². The molecule has 0 amide bonds. The van der Waals surface area contributed by atoms with Crippen LogP contribution in [0.4, 0.5) is 0 Å². The Morgan fingerprint density at radius 1 is 0.371 bits per heavy atom. The van der Waals surface area contributed by atoms with E-state index in [-0.39, 0.29) is 0 Å². The number of fused-ring (bicyclic) bond motifs is 4. The molecule has 2 aliphatic carbocycles. The second-order valence-electron chi connectivity index (χ2n) is 17.5. The van der Waals surface area contributed by atoms with Crippen LogP contribution in [0.3, 0.4) is 0 Å². The molecule has 0 aromatic heterocycles. The molecule has 4 atom stereocenters. The molecular formula is C58H46O4. The van der Waals surface area contributed by atoms with Gasteiger partial charge in [0.25, 0.3) is 0 Å². The van der Waals surface area contributed by atoms with E-state index in [4.69, 9.17) is 9.47 Å². The average Bonchev–Trinajstić information content (AvgIpc) is 3.32. The predicted molar refractivity (Wildman–Crippen MR) is 250 cm³/mol. The number of benzene rings is 8. The van der Waals surface area contributed by atoms with Crippen molar-refractivity contribution in [3.63, 3.8) is 0 Å². The maximum atomic E-state index is 14.1. The Hall–Kier alpha value is -7.04. The zero-order valence-electron chi connectivity index (χ0n) is 34.9. The predicted octanol–water partition coefficient (Wildman–Crippen LogP) is 14.8. The van der Waals surface area contributed by atoms with Gasteiger partial charge in [0.1, 0.15) is 11.5 Å². The highest BCUT2D eigenvalue weighted by Crippen LogP contribution is 2.54. The third-order valence-corrected chi connectivity index (χ3v) is 13.9. The SMILES string of the molecule is CC1CCC2C3=C1C(C)CCC3c1ccc(cc1)-c1ccc(cc1)C(=O)Oc1ccc3ccccc3c1-c1c(ccc3ccccc13)OC(=O)c1ccc(cc1)-c1ccc2cc1. The molecule has 0 spiro atoms. The molecule has 16 rings (SSSR count). The van der Waals surface area contributed by atoms with Gasteiger partial charge in [-0.3, -0.25) is 0 Å². The molecule has 6 aliphatic heterocycles. The number of allylic oxidation sites excluding steroid dienone is 2. The molecule has 4 heteroatoms. The number of esters is 2. The molecule has 0 radical (unpaired) electrons. The van der Waals surface area contributed by atoms with Crippen LogP contribution in [-0.2, 0) is 0 Å². The Kier molecular flexibility index (Phi) is 9.45. The van der Waals surface area contributed by atoms with Crippen molar-refractivity contribution in [3.05, 3.63) is 203 Å². The first-order chi connectivity index (χ1) is 30.4. The normalized spacial score (nSPS) is 19.8. The summed E-state index contributed by atoms with van der Waals surface area (Å²) in [6.07, 6.45) is 4.69. The van der Waals surface area contributed by atoms with Crippen LogP contribution in [0.15, 0.2) is 181 Å². The molecule has 302 valence electrons. The number of hydrogen-bond donors (Lipinski definition) is 0. The van der Waals surface area contributed by atoms with Crippen molar-refractivity contribution >= 4 is 33.5 Å². The number of carbonyl (C=O) groups is 2. The number of carbonyl (C=O) groups excluding carboxylic acids is 2. The highest BCUT2D eigenvalue weighted by molar-refractivity contribution is 6.11. The minimum Gasteiger partial charge on any atom is -0.422 e. The summed E-state index contributed by atoms with van der Waals surface area (Å²) in [7, 11) is 0. The number of ether oxygens (including phenoxy) is 2. The van der Waals surface area contributed by atoms with Gasteiger partial charge >= 0.3 is 11.9 Å². The van der Waals surface area contributed by atoms with Crippen molar-refractivity contribution < 1.29 is 19.1 Å². The third-order valence-electron chi connectivity index (χ3n) is 13.9. The zero-order valence-corrected chi connectivity index (χ0v) is 34.9. The Balaban J connectivity index is 1.06. The first-order valence-electron chi connectivity index (χ1n) is 22.0. The summed E-state index contributed by atoms with van der Waals surface area (Å²) < 4.78 is 12.7. The maximum absolute atomic E-state index is 14.1. The maximum Gasteiger partial charge on any atom is 0.343 e. The Bertz CT molecular complexity index is 2860. The molecule has 4 nitrogen and oxygen atoms in total. The zero-order chi connectivity index (χ0) is 41.9. The molecule has 62 heavy (non-hydrogen) atoms. The van der Waals surface area contributed by atoms with Gasteiger partial charge in [0.05, 0.1) is 11.1 Å². The van der Waals surface area contributed by atoms with Crippen LogP contribution in [0, 0.1) is 11.8 Å². The van der Waals surface area contributed by atoms with Gasteiger partial charge < -0.3 is 9.47 Å². The molecule has 4 unspecified atom stereocenters. The highest BCUT2D eigenvalue weighted by atomic mass is 16.5. The van der Waals surface area contributed by atoms with Gasteiger partial charge in [-0.05, 0) is 129 Å². The average molecular weight is 807 g/mol. The topological polar surface area (TPSA) is 52.6 Å². The summed E-state index contributed by atoms with van der Waals surface area (Å²) in [5.74, 6) is 1.72. The van der Waals surface area contributed by atoms with Crippen LogP contribution in [-0.4, -0.2) is 11.9 Å². The van der Waals surface area contributed by atoms with Crippen molar-refractivity contribution in [1.29, 1.82) is 0 Å². The summed E-state index contributed by atoms with van der Waals surface area (Å²) in [4.78, 5) is 28.2. The first-order valence-corrected chi connectivity index (χ1v) is 22.0. The highest BCUT2D eigenvalue weighted by Gasteiger charge is 2.38. The fourth-order valence-electron chi connectivity index (χ4n) is 10.8. The minimum atomic E-state index is -0.472.